The van der Waals surface area contributed by atoms with Crippen molar-refractivity contribution in [1.82, 2.24) is 15.1 Å². The molecule has 3 aliphatic heterocycles. The van der Waals surface area contributed by atoms with Gasteiger partial charge < -0.3 is 15.1 Å². The van der Waals surface area contributed by atoms with E-state index in [9.17, 15) is 9.59 Å². The maximum Gasteiger partial charge on any atom is 0.317 e. The van der Waals surface area contributed by atoms with E-state index < -0.39 is 0 Å². The number of hydrogen-bond acceptors (Lipinski definition) is 4. The van der Waals surface area contributed by atoms with Crippen LogP contribution in [0, 0.1) is 12.3 Å². The fourth-order valence-electron chi connectivity index (χ4n) is 3.56. The van der Waals surface area contributed by atoms with Crippen LogP contribution < -0.4 is 5.32 Å². The van der Waals surface area contributed by atoms with Crippen LogP contribution in [0.5, 0.6) is 0 Å². The first-order chi connectivity index (χ1) is 11.6. The Labute approximate surface area is 142 Å². The molecule has 0 bridgehead atoms. The van der Waals surface area contributed by atoms with Crippen LogP contribution in [0.4, 0.5) is 4.79 Å². The van der Waals surface area contributed by atoms with E-state index in [1.165, 1.54) is 0 Å². The number of likely N-dealkylation sites (tertiary alicyclic amines) is 1. The molecule has 3 aliphatic rings. The highest BCUT2D eigenvalue weighted by Crippen LogP contribution is 2.37. The minimum atomic E-state index is -0.383. The Bertz CT molecular complexity index is 554. The maximum absolute atomic E-state index is 12.4. The fourth-order valence-corrected chi connectivity index (χ4v) is 3.56. The summed E-state index contributed by atoms with van der Waals surface area (Å²) in [5, 5.41) is 11.1. The number of nitrogens with one attached hydrogen (secondary N) is 1. The van der Waals surface area contributed by atoms with Crippen molar-refractivity contribution >= 4 is 11.9 Å². The predicted molar refractivity (Wildman–Crippen MR) is 89.2 cm³/mol. The summed E-state index contributed by atoms with van der Waals surface area (Å²) in [6.07, 6.45) is 10.5. The lowest BCUT2D eigenvalue weighted by molar-refractivity contribution is -0.132. The molecule has 3 amide bonds. The van der Waals surface area contributed by atoms with Gasteiger partial charge in [-0.25, -0.2) is 4.79 Å². The van der Waals surface area contributed by atoms with Crippen molar-refractivity contribution in [3.8, 4) is 12.3 Å². The number of piperidine rings is 1. The third-order valence-electron chi connectivity index (χ3n) is 5.16. The summed E-state index contributed by atoms with van der Waals surface area (Å²) in [4.78, 5) is 28.2. The first-order valence-corrected chi connectivity index (χ1v) is 8.83. The number of urea groups is 1. The van der Waals surface area contributed by atoms with Gasteiger partial charge in [0.15, 0.2) is 5.66 Å². The van der Waals surface area contributed by atoms with Gasteiger partial charge in [0.05, 0.1) is 0 Å². The molecule has 0 aromatic rings. The highest BCUT2D eigenvalue weighted by Gasteiger charge is 2.40. The van der Waals surface area contributed by atoms with Crippen LogP contribution in [0.15, 0.2) is 10.2 Å². The van der Waals surface area contributed by atoms with E-state index in [0.717, 1.165) is 51.9 Å². The van der Waals surface area contributed by atoms with Gasteiger partial charge in [0.1, 0.15) is 0 Å². The molecule has 2 saturated heterocycles. The largest absolute Gasteiger partial charge is 0.343 e. The van der Waals surface area contributed by atoms with E-state index >= 15 is 0 Å². The van der Waals surface area contributed by atoms with E-state index in [1.54, 1.807) is 0 Å². The Hall–Kier alpha value is -2.10. The van der Waals surface area contributed by atoms with Crippen molar-refractivity contribution in [3.63, 3.8) is 0 Å². The molecule has 0 atom stereocenters. The summed E-state index contributed by atoms with van der Waals surface area (Å²) in [5.74, 6) is 2.76. The Morgan fingerprint density at radius 1 is 1.29 bits per heavy atom. The van der Waals surface area contributed by atoms with Gasteiger partial charge in [0.25, 0.3) is 0 Å². The molecule has 0 spiro atoms. The van der Waals surface area contributed by atoms with Crippen LogP contribution in [0.1, 0.15) is 44.9 Å². The third-order valence-corrected chi connectivity index (χ3v) is 5.16. The van der Waals surface area contributed by atoms with Gasteiger partial charge in [0, 0.05) is 57.9 Å². The molecular weight excluding hydrogens is 306 g/mol. The van der Waals surface area contributed by atoms with Gasteiger partial charge in [-0.05, 0) is 19.3 Å². The summed E-state index contributed by atoms with van der Waals surface area (Å²) in [6, 6.07) is 0.295. The van der Waals surface area contributed by atoms with E-state index in [0.29, 0.717) is 19.3 Å². The standard InChI is InChI=1S/C17H25N5O2/c1-2-3-8-17(19-20-17)9-5-15(23)21-12-6-14(7-13-21)22-11-4-10-18-16(22)24/h1,14H,3-13H2,(H,18,24). The highest BCUT2D eigenvalue weighted by atomic mass is 16.2. The average Bonchev–Trinajstić information content (AvgIpc) is 3.39. The van der Waals surface area contributed by atoms with Crippen LogP contribution in [0.2, 0.25) is 0 Å². The van der Waals surface area contributed by atoms with Gasteiger partial charge in [0.2, 0.25) is 5.91 Å². The average molecular weight is 331 g/mol. The molecule has 0 unspecified atom stereocenters. The molecule has 24 heavy (non-hydrogen) atoms. The number of amides is 3. The van der Waals surface area contributed by atoms with E-state index in [-0.39, 0.29) is 23.6 Å². The number of hydrogen-bond donors (Lipinski definition) is 1. The zero-order valence-corrected chi connectivity index (χ0v) is 14.0. The number of carbonyl (C=O) groups is 2. The lowest BCUT2D eigenvalue weighted by Crippen LogP contribution is -2.54. The van der Waals surface area contributed by atoms with E-state index in [2.05, 4.69) is 21.5 Å². The summed E-state index contributed by atoms with van der Waals surface area (Å²) in [7, 11) is 0. The van der Waals surface area contributed by atoms with Crippen molar-refractivity contribution < 1.29 is 9.59 Å². The maximum atomic E-state index is 12.4. The number of nitrogens with zero attached hydrogens (tertiary/aromatic N) is 4. The summed E-state index contributed by atoms with van der Waals surface area (Å²) >= 11 is 0. The highest BCUT2D eigenvalue weighted by molar-refractivity contribution is 5.77. The summed E-state index contributed by atoms with van der Waals surface area (Å²) in [6.45, 7) is 3.03. The minimum absolute atomic E-state index is 0.0402. The normalized spacial score (nSPS) is 22.9. The van der Waals surface area contributed by atoms with Crippen LogP contribution in [0.25, 0.3) is 0 Å². The summed E-state index contributed by atoms with van der Waals surface area (Å²) in [5.41, 5.74) is -0.383. The van der Waals surface area contributed by atoms with E-state index in [1.807, 2.05) is 9.80 Å². The molecule has 2 fully saturated rings. The van der Waals surface area contributed by atoms with Crippen molar-refractivity contribution in [3.05, 3.63) is 0 Å². The molecule has 3 heterocycles. The first kappa shape index (κ1) is 16.7. The summed E-state index contributed by atoms with van der Waals surface area (Å²) < 4.78 is 0. The number of carbonyl (C=O) groups excluding carboxylic acids is 2. The van der Waals surface area contributed by atoms with Crippen LogP contribution in [-0.2, 0) is 4.79 Å². The Kier molecular flexibility index (Phi) is 5.03. The van der Waals surface area contributed by atoms with Crippen LogP contribution in [0.3, 0.4) is 0 Å². The zero-order chi connectivity index (χ0) is 17.0. The molecule has 7 nitrogen and oxygen atoms in total. The molecule has 7 heteroatoms. The fraction of sp³-hybridized carbons (Fsp3) is 0.765. The SMILES string of the molecule is C#CCCC1(CCC(=O)N2CCC(N3CCCNC3=O)CC2)N=N1. The number of rotatable bonds is 6. The molecule has 1 N–H and O–H groups in total. The molecule has 3 rings (SSSR count). The van der Waals surface area contributed by atoms with Gasteiger partial charge in [-0.1, -0.05) is 0 Å². The first-order valence-electron chi connectivity index (χ1n) is 8.83. The molecule has 0 saturated carbocycles. The van der Waals surface area contributed by atoms with Crippen molar-refractivity contribution in [2.75, 3.05) is 26.2 Å². The lowest BCUT2D eigenvalue weighted by atomic mass is 9.99. The second-order valence-corrected chi connectivity index (χ2v) is 6.78. The quantitative estimate of drug-likeness (QED) is 0.753. The van der Waals surface area contributed by atoms with Gasteiger partial charge in [-0.3, -0.25) is 4.79 Å². The Morgan fingerprint density at radius 3 is 2.67 bits per heavy atom. The molecule has 0 aromatic heterocycles. The second-order valence-electron chi connectivity index (χ2n) is 6.78. The Morgan fingerprint density at radius 2 is 2.04 bits per heavy atom. The topological polar surface area (TPSA) is 77.4 Å². The molecule has 0 radical (unpaired) electrons. The van der Waals surface area contributed by atoms with Crippen molar-refractivity contribution in [2.45, 2.75) is 56.7 Å². The van der Waals surface area contributed by atoms with Crippen molar-refractivity contribution in [1.29, 1.82) is 0 Å². The molecule has 130 valence electrons. The number of terminal acetylenes is 1. The van der Waals surface area contributed by atoms with Crippen LogP contribution in [-0.4, -0.2) is 59.6 Å². The van der Waals surface area contributed by atoms with Gasteiger partial charge in [-0.2, -0.15) is 10.2 Å². The zero-order valence-electron chi connectivity index (χ0n) is 14.0. The molecule has 0 aliphatic carbocycles. The molecular formula is C17H25N5O2. The minimum Gasteiger partial charge on any atom is -0.343 e. The lowest BCUT2D eigenvalue weighted by Gasteiger charge is -2.40. The van der Waals surface area contributed by atoms with E-state index in [4.69, 9.17) is 6.42 Å². The Balaban J connectivity index is 1.41. The smallest absolute Gasteiger partial charge is 0.317 e. The van der Waals surface area contributed by atoms with Crippen LogP contribution >= 0.6 is 0 Å². The second kappa shape index (κ2) is 7.20. The predicted octanol–water partition coefficient (Wildman–Crippen LogP) is 1.75. The van der Waals surface area contributed by atoms with Crippen molar-refractivity contribution in [2.24, 2.45) is 10.2 Å². The van der Waals surface area contributed by atoms with Gasteiger partial charge >= 0.3 is 6.03 Å². The third kappa shape index (κ3) is 3.86. The monoisotopic (exact) mass is 331 g/mol. The molecule has 0 aromatic carbocycles. The van der Waals surface area contributed by atoms with Gasteiger partial charge in [-0.15, -0.1) is 12.3 Å².